The smallest absolute Gasteiger partial charge is 0.254 e. The molecule has 0 heterocycles. The number of thioether (sulfide) groups is 1. The Bertz CT molecular complexity index is 522. The van der Waals surface area contributed by atoms with Crippen LogP contribution >= 0.6 is 11.8 Å². The topological polar surface area (TPSA) is 49.3 Å². The molecule has 1 rings (SSSR count). The number of carbonyl (C=O) groups excluding carboxylic acids is 1. The fourth-order valence-corrected chi connectivity index (χ4v) is 2.18. The van der Waals surface area contributed by atoms with Gasteiger partial charge in [-0.3, -0.25) is 4.79 Å². The number of carbonyl (C=O) groups is 1. The third-order valence-electron chi connectivity index (χ3n) is 2.66. The molecule has 0 aromatic heterocycles. The molecule has 108 valence electrons. The molecule has 3 nitrogen and oxygen atoms in total. The third kappa shape index (κ3) is 5.24. The Hall–Kier alpha value is -1.51. The van der Waals surface area contributed by atoms with E-state index in [9.17, 15) is 9.18 Å². The predicted molar refractivity (Wildman–Crippen MR) is 80.3 cm³/mol. The average Bonchev–Trinajstić information content (AvgIpc) is 2.44. The Morgan fingerprint density at radius 2 is 2.30 bits per heavy atom. The summed E-state index contributed by atoms with van der Waals surface area (Å²) in [6.07, 6.45) is 2.83. The van der Waals surface area contributed by atoms with Gasteiger partial charge in [-0.05, 0) is 43.6 Å². The van der Waals surface area contributed by atoms with Crippen LogP contribution < -0.4 is 5.32 Å². The highest BCUT2D eigenvalue weighted by molar-refractivity contribution is 7.98. The molecule has 0 bridgehead atoms. The molecular formula is C15H18FNO2S. The van der Waals surface area contributed by atoms with Crippen molar-refractivity contribution in [3.8, 4) is 11.8 Å². The lowest BCUT2D eigenvalue weighted by molar-refractivity contribution is 0.0935. The first-order chi connectivity index (χ1) is 9.58. The van der Waals surface area contributed by atoms with Crippen LogP contribution in [-0.4, -0.2) is 35.7 Å². The maximum atomic E-state index is 13.7. The molecule has 1 atom stereocenters. The number of hydrogen-bond donors (Lipinski definition) is 2. The summed E-state index contributed by atoms with van der Waals surface area (Å²) in [5.74, 6) is 5.04. The van der Waals surface area contributed by atoms with Gasteiger partial charge < -0.3 is 10.4 Å². The van der Waals surface area contributed by atoms with Gasteiger partial charge in [-0.25, -0.2) is 4.39 Å². The molecule has 1 unspecified atom stereocenters. The fraction of sp³-hybridized carbons (Fsp3) is 0.400. The summed E-state index contributed by atoms with van der Waals surface area (Å²) in [6, 6.07) is 4.07. The highest BCUT2D eigenvalue weighted by Gasteiger charge is 2.14. The first-order valence-electron chi connectivity index (χ1n) is 6.27. The zero-order valence-corrected chi connectivity index (χ0v) is 12.4. The summed E-state index contributed by atoms with van der Waals surface area (Å²) in [4.78, 5) is 12.0. The van der Waals surface area contributed by atoms with Crippen LogP contribution in [-0.2, 0) is 0 Å². The van der Waals surface area contributed by atoms with Crippen molar-refractivity contribution < 1.29 is 14.3 Å². The molecule has 5 heteroatoms. The number of hydrogen-bond acceptors (Lipinski definition) is 3. The molecule has 0 radical (unpaired) electrons. The number of amides is 1. The minimum absolute atomic E-state index is 0.0125. The Morgan fingerprint density at radius 3 is 2.95 bits per heavy atom. The van der Waals surface area contributed by atoms with Crippen LogP contribution in [0.3, 0.4) is 0 Å². The summed E-state index contributed by atoms with van der Waals surface area (Å²) in [6.45, 7) is 1.62. The predicted octanol–water partition coefficient (Wildman–Crippen LogP) is 2.04. The van der Waals surface area contributed by atoms with E-state index in [1.165, 1.54) is 18.2 Å². The van der Waals surface area contributed by atoms with E-state index in [0.717, 1.165) is 12.2 Å². The summed E-state index contributed by atoms with van der Waals surface area (Å²) in [5.41, 5.74) is 0.480. The van der Waals surface area contributed by atoms with E-state index in [2.05, 4.69) is 17.2 Å². The average molecular weight is 295 g/mol. The van der Waals surface area contributed by atoms with Crippen LogP contribution in [0.15, 0.2) is 18.2 Å². The van der Waals surface area contributed by atoms with Crippen molar-refractivity contribution in [2.75, 3.05) is 18.6 Å². The second-order valence-corrected chi connectivity index (χ2v) is 5.30. The molecule has 0 fully saturated rings. The highest BCUT2D eigenvalue weighted by Crippen LogP contribution is 2.11. The number of aliphatic hydroxyl groups is 1. The summed E-state index contributed by atoms with van der Waals surface area (Å²) in [7, 11) is 0. The Morgan fingerprint density at radius 1 is 1.55 bits per heavy atom. The summed E-state index contributed by atoms with van der Waals surface area (Å²) >= 11 is 1.70. The zero-order chi connectivity index (χ0) is 15.0. The van der Waals surface area contributed by atoms with E-state index in [4.69, 9.17) is 5.11 Å². The first kappa shape index (κ1) is 16.5. The van der Waals surface area contributed by atoms with Gasteiger partial charge >= 0.3 is 0 Å². The minimum atomic E-state index is -0.575. The van der Waals surface area contributed by atoms with Crippen molar-refractivity contribution in [2.45, 2.75) is 19.4 Å². The van der Waals surface area contributed by atoms with Crippen LogP contribution in [0.4, 0.5) is 4.39 Å². The Balaban J connectivity index is 2.81. The first-order valence-corrected chi connectivity index (χ1v) is 7.67. The summed E-state index contributed by atoms with van der Waals surface area (Å²) in [5, 5.41) is 11.4. The van der Waals surface area contributed by atoms with E-state index in [0.29, 0.717) is 5.56 Å². The maximum absolute atomic E-state index is 13.7. The lowest BCUT2D eigenvalue weighted by atomic mass is 10.1. The van der Waals surface area contributed by atoms with E-state index in [-0.39, 0.29) is 18.2 Å². The molecule has 0 saturated carbocycles. The fourth-order valence-electron chi connectivity index (χ4n) is 1.59. The van der Waals surface area contributed by atoms with Gasteiger partial charge in [0.1, 0.15) is 12.4 Å². The normalized spacial score (nSPS) is 11.4. The quantitative estimate of drug-likeness (QED) is 0.817. The van der Waals surface area contributed by atoms with Crippen molar-refractivity contribution in [2.24, 2.45) is 0 Å². The maximum Gasteiger partial charge on any atom is 0.254 e. The molecule has 0 saturated heterocycles. The molecule has 0 spiro atoms. The van der Waals surface area contributed by atoms with Gasteiger partial charge in [0.25, 0.3) is 5.91 Å². The van der Waals surface area contributed by atoms with E-state index in [1.807, 2.05) is 13.2 Å². The van der Waals surface area contributed by atoms with Crippen LogP contribution in [0.25, 0.3) is 0 Å². The largest absolute Gasteiger partial charge is 0.384 e. The molecule has 0 aliphatic rings. The second kappa shape index (κ2) is 8.62. The summed E-state index contributed by atoms with van der Waals surface area (Å²) < 4.78 is 13.7. The van der Waals surface area contributed by atoms with Crippen LogP contribution in [0.1, 0.15) is 29.3 Å². The van der Waals surface area contributed by atoms with Gasteiger partial charge in [-0.1, -0.05) is 11.8 Å². The molecule has 20 heavy (non-hydrogen) atoms. The molecular weight excluding hydrogens is 277 g/mol. The van der Waals surface area contributed by atoms with E-state index >= 15 is 0 Å². The number of nitrogens with one attached hydrogen (secondary N) is 1. The van der Waals surface area contributed by atoms with Gasteiger partial charge in [-0.2, -0.15) is 11.8 Å². The van der Waals surface area contributed by atoms with E-state index in [1.54, 1.807) is 11.8 Å². The van der Waals surface area contributed by atoms with Gasteiger partial charge in [-0.15, -0.1) is 0 Å². The van der Waals surface area contributed by atoms with Crippen LogP contribution in [0.2, 0.25) is 0 Å². The van der Waals surface area contributed by atoms with Crippen molar-refractivity contribution >= 4 is 17.7 Å². The van der Waals surface area contributed by atoms with Crippen molar-refractivity contribution in [3.05, 3.63) is 35.1 Å². The molecule has 1 aromatic carbocycles. The van der Waals surface area contributed by atoms with Crippen molar-refractivity contribution in [1.82, 2.24) is 5.32 Å². The minimum Gasteiger partial charge on any atom is -0.384 e. The van der Waals surface area contributed by atoms with Gasteiger partial charge in [0.05, 0.1) is 5.56 Å². The Kier molecular flexibility index (Phi) is 7.13. The van der Waals surface area contributed by atoms with Crippen molar-refractivity contribution in [1.29, 1.82) is 0 Å². The van der Waals surface area contributed by atoms with Crippen LogP contribution in [0, 0.1) is 17.7 Å². The monoisotopic (exact) mass is 295 g/mol. The lowest BCUT2D eigenvalue weighted by Crippen LogP contribution is -2.33. The standard InChI is InChI=1S/C15H18FNO2S/c1-11(7-9-20-2)17-15(19)13-10-12(4-3-8-18)5-6-14(13)16/h5-6,10-11,18H,7-9H2,1-2H3,(H,17,19). The van der Waals surface area contributed by atoms with Gasteiger partial charge in [0, 0.05) is 11.6 Å². The van der Waals surface area contributed by atoms with Crippen LogP contribution in [0.5, 0.6) is 0 Å². The third-order valence-corrected chi connectivity index (χ3v) is 3.30. The zero-order valence-electron chi connectivity index (χ0n) is 11.6. The molecule has 2 N–H and O–H groups in total. The number of halogens is 1. The second-order valence-electron chi connectivity index (χ2n) is 4.31. The Labute approximate surface area is 123 Å². The molecule has 1 aromatic rings. The number of benzene rings is 1. The lowest BCUT2D eigenvalue weighted by Gasteiger charge is -2.13. The number of aliphatic hydroxyl groups excluding tert-OH is 1. The van der Waals surface area contributed by atoms with Gasteiger partial charge in [0.15, 0.2) is 0 Å². The SMILES string of the molecule is CSCCC(C)NC(=O)c1cc(C#CCO)ccc1F. The number of rotatable bonds is 5. The molecule has 0 aliphatic heterocycles. The van der Waals surface area contributed by atoms with Crippen molar-refractivity contribution in [3.63, 3.8) is 0 Å². The molecule has 1 amide bonds. The van der Waals surface area contributed by atoms with Gasteiger partial charge in [0.2, 0.25) is 0 Å². The highest BCUT2D eigenvalue weighted by atomic mass is 32.2. The van der Waals surface area contributed by atoms with E-state index < -0.39 is 11.7 Å². The molecule has 0 aliphatic carbocycles.